The van der Waals surface area contributed by atoms with E-state index in [1.54, 1.807) is 48.7 Å². The van der Waals surface area contributed by atoms with E-state index in [9.17, 15) is 14.9 Å². The first kappa shape index (κ1) is 23.5. The fraction of sp³-hybridized carbons (Fsp3) is 0.240. The first-order valence-corrected chi connectivity index (χ1v) is 10.9. The third-order valence-electron chi connectivity index (χ3n) is 5.62. The Morgan fingerprint density at radius 1 is 1.14 bits per heavy atom. The van der Waals surface area contributed by atoms with Crippen molar-refractivity contribution in [2.75, 3.05) is 25.5 Å². The summed E-state index contributed by atoms with van der Waals surface area (Å²) in [6.07, 6.45) is 1.67. The number of piperidine rings is 1. The van der Waals surface area contributed by atoms with Gasteiger partial charge in [-0.3, -0.25) is 0 Å². The molecule has 178 valence electrons. The zero-order valence-electron chi connectivity index (χ0n) is 19.0. The number of nitrogens with zero attached hydrogens (tertiary/aromatic N) is 4. The summed E-state index contributed by atoms with van der Waals surface area (Å²) in [5, 5.41) is 21.9. The Morgan fingerprint density at radius 3 is 2.54 bits per heavy atom. The van der Waals surface area contributed by atoms with Crippen LogP contribution in [0.3, 0.4) is 0 Å². The molecule has 0 aliphatic carbocycles. The number of aromatic nitrogens is 2. The molecule has 1 aromatic heterocycles. The van der Waals surface area contributed by atoms with Crippen LogP contribution in [-0.4, -0.2) is 58.3 Å². The van der Waals surface area contributed by atoms with Gasteiger partial charge in [-0.05, 0) is 48.5 Å². The second-order valence-corrected chi connectivity index (χ2v) is 7.87. The number of amides is 1. The van der Waals surface area contributed by atoms with E-state index in [1.165, 1.54) is 12.0 Å². The molecule has 1 fully saturated rings. The zero-order valence-corrected chi connectivity index (χ0v) is 19.0. The molecular formula is C25H23N5O5. The third kappa shape index (κ3) is 5.65. The number of carbonyl (C=O) groups is 2. The number of methoxy groups -OCH3 is 1. The molecule has 1 saturated heterocycles. The van der Waals surface area contributed by atoms with Crippen LogP contribution in [0, 0.1) is 11.3 Å². The maximum atomic E-state index is 11.6. The zero-order chi connectivity index (χ0) is 24.8. The van der Waals surface area contributed by atoms with Crippen molar-refractivity contribution in [3.8, 4) is 23.1 Å². The molecule has 2 N–H and O–H groups in total. The number of anilines is 2. The van der Waals surface area contributed by atoms with Gasteiger partial charge in [-0.2, -0.15) is 5.26 Å². The smallest absolute Gasteiger partial charge is 0.407 e. The lowest BCUT2D eigenvalue weighted by molar-refractivity contribution is 0.0600. The van der Waals surface area contributed by atoms with Crippen molar-refractivity contribution in [3.63, 3.8) is 0 Å². The van der Waals surface area contributed by atoms with E-state index in [0.29, 0.717) is 60.1 Å². The first-order valence-electron chi connectivity index (χ1n) is 10.9. The standard InChI is InChI=1S/C25H23N5O5/c1-34-23(31)16-2-5-19(6-3-16)28-24-27-11-8-21(29-24)17-4-7-22(18(14-17)15-26)35-20-9-12-30(13-10-20)25(32)33/h2-8,11,14,20H,9-10,12-13H2,1H3,(H,32,33)(H,27,28,29). The molecule has 0 atom stereocenters. The van der Waals surface area contributed by atoms with Gasteiger partial charge in [0.2, 0.25) is 5.95 Å². The van der Waals surface area contributed by atoms with E-state index in [2.05, 4.69) is 21.4 Å². The molecule has 3 aromatic rings. The number of hydrogen-bond acceptors (Lipinski definition) is 8. The molecule has 4 rings (SSSR count). The quantitative estimate of drug-likeness (QED) is 0.507. The van der Waals surface area contributed by atoms with Gasteiger partial charge in [0.25, 0.3) is 0 Å². The number of ether oxygens (including phenoxy) is 2. The SMILES string of the molecule is COC(=O)c1ccc(Nc2nccc(-c3ccc(OC4CCN(C(=O)O)CC4)c(C#N)c3)n2)cc1. The number of likely N-dealkylation sites (tertiary alicyclic amines) is 1. The maximum absolute atomic E-state index is 11.6. The molecular weight excluding hydrogens is 450 g/mol. The predicted octanol–water partition coefficient (Wildman–Crippen LogP) is 4.07. The van der Waals surface area contributed by atoms with Crippen LogP contribution < -0.4 is 10.1 Å². The second kappa shape index (κ2) is 10.5. The number of nitriles is 1. The van der Waals surface area contributed by atoms with Crippen LogP contribution in [0.2, 0.25) is 0 Å². The Morgan fingerprint density at radius 2 is 1.89 bits per heavy atom. The van der Waals surface area contributed by atoms with E-state index >= 15 is 0 Å². The molecule has 0 unspecified atom stereocenters. The molecule has 1 amide bonds. The molecule has 10 heteroatoms. The molecule has 35 heavy (non-hydrogen) atoms. The highest BCUT2D eigenvalue weighted by Gasteiger charge is 2.24. The Kier molecular flexibility index (Phi) is 7.07. The van der Waals surface area contributed by atoms with E-state index in [1.807, 2.05) is 6.07 Å². The predicted molar refractivity (Wildman–Crippen MR) is 126 cm³/mol. The minimum absolute atomic E-state index is 0.149. The van der Waals surface area contributed by atoms with Crippen LogP contribution in [0.25, 0.3) is 11.3 Å². The molecule has 1 aliphatic heterocycles. The molecule has 0 saturated carbocycles. The van der Waals surface area contributed by atoms with Gasteiger partial charge in [0, 0.05) is 43.4 Å². The fourth-order valence-electron chi connectivity index (χ4n) is 3.74. The summed E-state index contributed by atoms with van der Waals surface area (Å²) in [5.41, 5.74) is 2.85. The molecule has 2 heterocycles. The minimum atomic E-state index is -0.928. The molecule has 10 nitrogen and oxygen atoms in total. The minimum Gasteiger partial charge on any atom is -0.489 e. The van der Waals surface area contributed by atoms with E-state index < -0.39 is 12.1 Å². The average Bonchev–Trinajstić information content (AvgIpc) is 2.89. The monoisotopic (exact) mass is 473 g/mol. The van der Waals surface area contributed by atoms with Gasteiger partial charge in [0.05, 0.1) is 23.9 Å². The van der Waals surface area contributed by atoms with Crippen molar-refractivity contribution in [3.05, 3.63) is 65.9 Å². The summed E-state index contributed by atoms with van der Waals surface area (Å²) in [6, 6.07) is 15.9. The fourth-order valence-corrected chi connectivity index (χ4v) is 3.74. The van der Waals surface area contributed by atoms with Gasteiger partial charge in [0.15, 0.2) is 0 Å². The molecule has 1 aliphatic rings. The van der Waals surface area contributed by atoms with E-state index in [0.717, 1.165) is 5.56 Å². The van der Waals surface area contributed by atoms with Crippen LogP contribution >= 0.6 is 0 Å². The topological polar surface area (TPSA) is 138 Å². The number of carbonyl (C=O) groups excluding carboxylic acids is 1. The molecule has 0 bridgehead atoms. The van der Waals surface area contributed by atoms with Crippen LogP contribution in [0.1, 0.15) is 28.8 Å². The van der Waals surface area contributed by atoms with Crippen LogP contribution in [-0.2, 0) is 4.74 Å². The van der Waals surface area contributed by atoms with E-state index in [-0.39, 0.29) is 6.10 Å². The highest BCUT2D eigenvalue weighted by molar-refractivity contribution is 5.89. The van der Waals surface area contributed by atoms with Crippen LogP contribution in [0.4, 0.5) is 16.4 Å². The van der Waals surface area contributed by atoms with Crippen molar-refractivity contribution in [1.29, 1.82) is 5.26 Å². The highest BCUT2D eigenvalue weighted by Crippen LogP contribution is 2.28. The van der Waals surface area contributed by atoms with Gasteiger partial charge in [-0.1, -0.05) is 0 Å². The van der Waals surface area contributed by atoms with Gasteiger partial charge < -0.3 is 24.8 Å². The number of rotatable bonds is 6. The highest BCUT2D eigenvalue weighted by atomic mass is 16.5. The molecule has 2 aromatic carbocycles. The number of hydrogen-bond donors (Lipinski definition) is 2. The van der Waals surface area contributed by atoms with Crippen LogP contribution in [0.5, 0.6) is 5.75 Å². The first-order chi connectivity index (χ1) is 17.0. The number of benzene rings is 2. The van der Waals surface area contributed by atoms with Crippen molar-refractivity contribution in [2.24, 2.45) is 0 Å². The lowest BCUT2D eigenvalue weighted by atomic mass is 10.1. The van der Waals surface area contributed by atoms with Gasteiger partial charge in [0.1, 0.15) is 17.9 Å². The van der Waals surface area contributed by atoms with Crippen molar-refractivity contribution in [1.82, 2.24) is 14.9 Å². The number of carboxylic acid groups (broad SMARTS) is 1. The normalized spacial score (nSPS) is 13.5. The largest absolute Gasteiger partial charge is 0.489 e. The maximum Gasteiger partial charge on any atom is 0.407 e. The lowest BCUT2D eigenvalue weighted by Crippen LogP contribution is -2.41. The van der Waals surface area contributed by atoms with Gasteiger partial charge in [-0.25, -0.2) is 19.6 Å². The van der Waals surface area contributed by atoms with Gasteiger partial charge in [-0.15, -0.1) is 0 Å². The van der Waals surface area contributed by atoms with Crippen LogP contribution in [0.15, 0.2) is 54.7 Å². The third-order valence-corrected chi connectivity index (χ3v) is 5.62. The molecule has 0 spiro atoms. The summed E-state index contributed by atoms with van der Waals surface area (Å²) in [6.45, 7) is 0.810. The Bertz CT molecular complexity index is 1260. The lowest BCUT2D eigenvalue weighted by Gasteiger charge is -2.30. The van der Waals surface area contributed by atoms with E-state index in [4.69, 9.17) is 14.6 Å². The Hall–Kier alpha value is -4.65. The second-order valence-electron chi connectivity index (χ2n) is 7.87. The van der Waals surface area contributed by atoms with Crippen molar-refractivity contribution >= 4 is 23.7 Å². The summed E-state index contributed by atoms with van der Waals surface area (Å²) in [5.74, 6) is 0.404. The summed E-state index contributed by atoms with van der Waals surface area (Å²) in [4.78, 5) is 32.8. The summed E-state index contributed by atoms with van der Waals surface area (Å²) < 4.78 is 10.7. The number of esters is 1. The summed E-state index contributed by atoms with van der Waals surface area (Å²) in [7, 11) is 1.33. The Balaban J connectivity index is 1.46. The summed E-state index contributed by atoms with van der Waals surface area (Å²) >= 11 is 0. The van der Waals surface area contributed by atoms with Gasteiger partial charge >= 0.3 is 12.1 Å². The van der Waals surface area contributed by atoms with Crippen molar-refractivity contribution in [2.45, 2.75) is 18.9 Å². The average molecular weight is 473 g/mol. The molecule has 0 radical (unpaired) electrons. The number of nitrogens with one attached hydrogen (secondary N) is 1. The Labute approximate surface area is 201 Å². The van der Waals surface area contributed by atoms with Crippen molar-refractivity contribution < 1.29 is 24.2 Å².